The Kier molecular flexibility index (Phi) is 4.31. The van der Waals surface area contributed by atoms with Gasteiger partial charge in [-0.15, -0.1) is 0 Å². The molecule has 3 rings (SSSR count). The van der Waals surface area contributed by atoms with Crippen molar-refractivity contribution in [2.45, 2.75) is 20.0 Å². The highest BCUT2D eigenvalue weighted by Gasteiger charge is 2.30. The fourth-order valence-electron chi connectivity index (χ4n) is 2.49. The molecule has 0 aliphatic rings. The predicted octanol–water partition coefficient (Wildman–Crippen LogP) is 4.68. The van der Waals surface area contributed by atoms with Gasteiger partial charge in [-0.05, 0) is 55.3 Å². The molecule has 0 radical (unpaired) electrons. The van der Waals surface area contributed by atoms with Gasteiger partial charge >= 0.3 is 6.18 Å². The third-order valence-corrected chi connectivity index (χ3v) is 4.02. The van der Waals surface area contributed by atoms with E-state index in [1.54, 1.807) is 12.1 Å². The number of nitrogens with one attached hydrogen (secondary N) is 1. The van der Waals surface area contributed by atoms with Crippen molar-refractivity contribution < 1.29 is 22.4 Å². The lowest BCUT2D eigenvalue weighted by molar-refractivity contribution is -0.137. The number of benzene rings is 2. The highest BCUT2D eigenvalue weighted by atomic mass is 19.4. The molecule has 0 bridgehead atoms. The number of carbonyl (C=O) groups is 1. The number of alkyl halides is 3. The summed E-state index contributed by atoms with van der Waals surface area (Å²) in [6, 6.07) is 8.56. The normalized spacial score (nSPS) is 11.6. The van der Waals surface area contributed by atoms with Gasteiger partial charge in [0.05, 0.1) is 10.9 Å². The van der Waals surface area contributed by atoms with E-state index < -0.39 is 23.1 Å². The van der Waals surface area contributed by atoms with Gasteiger partial charge in [-0.2, -0.15) is 13.2 Å². The maximum Gasteiger partial charge on any atom is 0.416 e. The summed E-state index contributed by atoms with van der Waals surface area (Å²) < 4.78 is 43.7. The smallest absolute Gasteiger partial charge is 0.416 e. The Morgan fingerprint density at radius 2 is 1.73 bits per heavy atom. The van der Waals surface area contributed by atoms with Gasteiger partial charge in [0.15, 0.2) is 11.2 Å². The predicted molar refractivity (Wildman–Crippen MR) is 91.4 cm³/mol. The van der Waals surface area contributed by atoms with E-state index in [0.29, 0.717) is 5.39 Å². The van der Waals surface area contributed by atoms with Crippen molar-refractivity contribution >= 4 is 22.6 Å². The Bertz CT molecular complexity index is 1070. The van der Waals surface area contributed by atoms with E-state index >= 15 is 0 Å². The van der Waals surface area contributed by atoms with Crippen LogP contribution >= 0.6 is 0 Å². The zero-order valence-corrected chi connectivity index (χ0v) is 13.9. The third kappa shape index (κ3) is 3.46. The molecule has 1 heterocycles. The molecule has 4 nitrogen and oxygen atoms in total. The average Bonchev–Trinajstić information content (AvgIpc) is 2.56. The van der Waals surface area contributed by atoms with Gasteiger partial charge in [0.2, 0.25) is 0 Å². The van der Waals surface area contributed by atoms with Crippen LogP contribution in [0.1, 0.15) is 27.2 Å². The van der Waals surface area contributed by atoms with Gasteiger partial charge in [0, 0.05) is 11.8 Å². The lowest BCUT2D eigenvalue weighted by Crippen LogP contribution is -2.15. The number of aryl methyl sites for hydroxylation is 2. The number of hydrogen-bond acceptors (Lipinski definition) is 3. The first-order valence-corrected chi connectivity index (χ1v) is 7.69. The first-order chi connectivity index (χ1) is 12.1. The van der Waals surface area contributed by atoms with E-state index in [0.717, 1.165) is 29.3 Å². The molecule has 0 atom stereocenters. The largest absolute Gasteiger partial charge is 0.451 e. The van der Waals surface area contributed by atoms with Crippen LogP contribution in [0.2, 0.25) is 0 Å². The first kappa shape index (κ1) is 17.7. The highest BCUT2D eigenvalue weighted by molar-refractivity contribution is 6.03. The van der Waals surface area contributed by atoms with Crippen LogP contribution in [0.25, 0.3) is 11.0 Å². The quantitative estimate of drug-likeness (QED) is 0.721. The molecule has 134 valence electrons. The van der Waals surface area contributed by atoms with E-state index in [9.17, 15) is 22.8 Å². The Balaban J connectivity index is 1.96. The van der Waals surface area contributed by atoms with Crippen molar-refractivity contribution in [3.05, 3.63) is 75.1 Å². The third-order valence-electron chi connectivity index (χ3n) is 4.02. The molecule has 0 unspecified atom stereocenters. The molecule has 26 heavy (non-hydrogen) atoms. The minimum Gasteiger partial charge on any atom is -0.451 e. The minimum absolute atomic E-state index is 0.0485. The van der Waals surface area contributed by atoms with Crippen molar-refractivity contribution in [2.24, 2.45) is 0 Å². The molecule has 0 saturated heterocycles. The van der Waals surface area contributed by atoms with Crippen LogP contribution in [0.4, 0.5) is 18.9 Å². The second-order valence-electron chi connectivity index (χ2n) is 5.94. The Hall–Kier alpha value is -3.09. The van der Waals surface area contributed by atoms with Crippen LogP contribution in [0.15, 0.2) is 51.7 Å². The maximum atomic E-state index is 12.8. The van der Waals surface area contributed by atoms with E-state index in [4.69, 9.17) is 4.42 Å². The first-order valence-electron chi connectivity index (χ1n) is 7.69. The molecule has 7 heteroatoms. The van der Waals surface area contributed by atoms with E-state index in [1.807, 2.05) is 13.8 Å². The molecule has 0 aliphatic heterocycles. The second kappa shape index (κ2) is 6.33. The monoisotopic (exact) mass is 361 g/mol. The molecule has 1 N–H and O–H groups in total. The summed E-state index contributed by atoms with van der Waals surface area (Å²) in [6.45, 7) is 3.69. The van der Waals surface area contributed by atoms with E-state index in [2.05, 4.69) is 5.32 Å². The molecule has 0 spiro atoms. The summed E-state index contributed by atoms with van der Waals surface area (Å²) in [7, 11) is 0. The van der Waals surface area contributed by atoms with Crippen LogP contribution in [0.3, 0.4) is 0 Å². The molecular weight excluding hydrogens is 347 g/mol. The minimum atomic E-state index is -4.52. The van der Waals surface area contributed by atoms with Crippen molar-refractivity contribution in [1.29, 1.82) is 0 Å². The number of amides is 1. The summed E-state index contributed by atoms with van der Waals surface area (Å²) in [5, 5.41) is 2.65. The number of anilines is 1. The van der Waals surface area contributed by atoms with Crippen molar-refractivity contribution in [2.75, 3.05) is 5.32 Å². The number of halogens is 3. The van der Waals surface area contributed by atoms with Crippen LogP contribution in [-0.4, -0.2) is 5.91 Å². The van der Waals surface area contributed by atoms with Gasteiger partial charge in [-0.1, -0.05) is 6.07 Å². The molecule has 1 amide bonds. The number of hydrogen-bond donors (Lipinski definition) is 1. The molecule has 1 aromatic heterocycles. The molecule has 0 aliphatic carbocycles. The lowest BCUT2D eigenvalue weighted by Gasteiger charge is -2.10. The molecule has 0 saturated carbocycles. The van der Waals surface area contributed by atoms with Gasteiger partial charge in [-0.3, -0.25) is 9.59 Å². The zero-order chi connectivity index (χ0) is 19.1. The Labute approximate surface area is 146 Å². The summed E-state index contributed by atoms with van der Waals surface area (Å²) >= 11 is 0. The summed E-state index contributed by atoms with van der Waals surface area (Å²) in [5.74, 6) is -1.08. The SMILES string of the molecule is Cc1cc2oc(C(=O)Nc3cccc(C(F)(F)F)c3)cc(=O)c2cc1C. The standard InChI is InChI=1S/C19H14F3NO3/c1-10-6-14-15(24)9-17(26-16(14)7-11(10)2)18(25)23-13-5-3-4-12(8-13)19(20,21)22/h3-9H,1-2H3,(H,23,25). The Morgan fingerprint density at radius 1 is 1.04 bits per heavy atom. The van der Waals surface area contributed by atoms with E-state index in [1.165, 1.54) is 12.1 Å². The summed E-state index contributed by atoms with van der Waals surface area (Å²) in [5.41, 5.74) is 0.703. The fourth-order valence-corrected chi connectivity index (χ4v) is 2.49. The number of fused-ring (bicyclic) bond motifs is 1. The zero-order valence-electron chi connectivity index (χ0n) is 13.9. The highest BCUT2D eigenvalue weighted by Crippen LogP contribution is 2.30. The molecule has 2 aromatic carbocycles. The number of rotatable bonds is 2. The average molecular weight is 361 g/mol. The van der Waals surface area contributed by atoms with Gasteiger partial charge in [0.1, 0.15) is 5.58 Å². The van der Waals surface area contributed by atoms with Gasteiger partial charge in [0.25, 0.3) is 5.91 Å². The van der Waals surface area contributed by atoms with Crippen molar-refractivity contribution in [3.8, 4) is 0 Å². The Morgan fingerprint density at radius 3 is 2.42 bits per heavy atom. The molecule has 0 fully saturated rings. The van der Waals surface area contributed by atoms with Crippen LogP contribution in [0, 0.1) is 13.8 Å². The number of carbonyl (C=O) groups excluding carboxylic acids is 1. The van der Waals surface area contributed by atoms with Crippen molar-refractivity contribution in [1.82, 2.24) is 0 Å². The fraction of sp³-hybridized carbons (Fsp3) is 0.158. The maximum absolute atomic E-state index is 12.8. The van der Waals surface area contributed by atoms with Crippen LogP contribution in [-0.2, 0) is 6.18 Å². The summed E-state index contributed by atoms with van der Waals surface area (Å²) in [6.07, 6.45) is -4.52. The topological polar surface area (TPSA) is 59.3 Å². The van der Waals surface area contributed by atoms with E-state index in [-0.39, 0.29) is 17.0 Å². The lowest BCUT2D eigenvalue weighted by atomic mass is 10.1. The van der Waals surface area contributed by atoms with Crippen LogP contribution < -0.4 is 10.7 Å². The van der Waals surface area contributed by atoms with Gasteiger partial charge in [-0.25, -0.2) is 0 Å². The van der Waals surface area contributed by atoms with Crippen LogP contribution in [0.5, 0.6) is 0 Å². The van der Waals surface area contributed by atoms with Crippen molar-refractivity contribution in [3.63, 3.8) is 0 Å². The molecular formula is C19H14F3NO3. The van der Waals surface area contributed by atoms with Gasteiger partial charge < -0.3 is 9.73 Å². The summed E-state index contributed by atoms with van der Waals surface area (Å²) in [4.78, 5) is 24.5. The second-order valence-corrected chi connectivity index (χ2v) is 5.94. The molecule has 3 aromatic rings.